The van der Waals surface area contributed by atoms with Crippen molar-refractivity contribution in [2.45, 2.75) is 55.3 Å². The van der Waals surface area contributed by atoms with Crippen LogP contribution in [0.25, 0.3) is 22.3 Å². The van der Waals surface area contributed by atoms with Gasteiger partial charge in [0.1, 0.15) is 59.3 Å². The van der Waals surface area contributed by atoms with E-state index in [2.05, 4.69) is 0 Å². The van der Waals surface area contributed by atoms with Crippen LogP contribution in [0.15, 0.2) is 45.6 Å². The number of hydrogen-bond acceptors (Lipinski definition) is 15. The van der Waals surface area contributed by atoms with Crippen molar-refractivity contribution < 1.29 is 69.3 Å². The van der Waals surface area contributed by atoms with Gasteiger partial charge in [-0.3, -0.25) is 4.79 Å². The Hall–Kier alpha value is -3.51. The normalized spacial score (nSPS) is 32.2. The molecule has 0 bridgehead atoms. The van der Waals surface area contributed by atoms with Gasteiger partial charge >= 0.3 is 0 Å². The van der Waals surface area contributed by atoms with Crippen LogP contribution in [0, 0.1) is 0 Å². The van der Waals surface area contributed by atoms with Gasteiger partial charge in [-0.25, -0.2) is 0 Å². The van der Waals surface area contributed by atoms with E-state index in [0.717, 1.165) is 12.1 Å². The van der Waals surface area contributed by atoms with E-state index in [1.807, 2.05) is 0 Å². The van der Waals surface area contributed by atoms with Crippen molar-refractivity contribution in [3.8, 4) is 34.3 Å². The first kappa shape index (κ1) is 29.0. The molecule has 0 saturated carbocycles. The van der Waals surface area contributed by atoms with Crippen LogP contribution in [0.5, 0.6) is 23.0 Å². The third kappa shape index (κ3) is 5.42. The number of aliphatic hydroxyl groups excluding tert-OH is 6. The summed E-state index contributed by atoms with van der Waals surface area (Å²) in [6, 6.07) is 7.60. The number of aliphatic hydroxyl groups is 6. The first-order chi connectivity index (χ1) is 19.5. The summed E-state index contributed by atoms with van der Waals surface area (Å²) in [6.07, 6.45) is -15.0. The maximum Gasteiger partial charge on any atom is 0.229 e. The smallest absolute Gasteiger partial charge is 0.229 e. The van der Waals surface area contributed by atoms with Crippen LogP contribution < -0.4 is 10.2 Å². The van der Waals surface area contributed by atoms with Gasteiger partial charge in [0.25, 0.3) is 0 Å². The number of ether oxygens (including phenoxy) is 4. The SMILES string of the molecule is O=c1cc(-c2ccc(O)cc2)oc2c(O)c(O[C@@H]3OC[C@@H](O)[C@H](O)C3O[C@@H]3OC(CO)[C@@H](O)[C@H](O)C3O)cc(O)c12. The molecule has 2 saturated heterocycles. The molecule has 0 aliphatic carbocycles. The second-order valence-corrected chi connectivity index (χ2v) is 9.64. The van der Waals surface area contributed by atoms with E-state index in [1.165, 1.54) is 24.3 Å². The Balaban J connectivity index is 1.48. The first-order valence-electron chi connectivity index (χ1n) is 12.4. The number of fused-ring (bicyclic) bond motifs is 1. The summed E-state index contributed by atoms with van der Waals surface area (Å²) in [5.74, 6) is -1.91. The number of benzene rings is 2. The Morgan fingerprint density at radius 1 is 0.878 bits per heavy atom. The molecule has 0 radical (unpaired) electrons. The molecule has 2 aliphatic heterocycles. The van der Waals surface area contributed by atoms with Crippen LogP contribution >= 0.6 is 0 Å². The molecule has 3 unspecified atom stereocenters. The zero-order valence-electron chi connectivity index (χ0n) is 21.0. The van der Waals surface area contributed by atoms with Crippen molar-refractivity contribution in [2.24, 2.45) is 0 Å². The minimum absolute atomic E-state index is 0.00867. The largest absolute Gasteiger partial charge is 0.508 e. The highest BCUT2D eigenvalue weighted by molar-refractivity contribution is 5.91. The second kappa shape index (κ2) is 11.4. The molecule has 2 aromatic carbocycles. The van der Waals surface area contributed by atoms with Crippen LogP contribution in [0.1, 0.15) is 0 Å². The predicted octanol–water partition coefficient (Wildman–Crippen LogP) is -1.78. The van der Waals surface area contributed by atoms with Crippen molar-refractivity contribution in [1.82, 2.24) is 0 Å². The Bertz CT molecular complexity index is 1440. The molecule has 1 aromatic heterocycles. The van der Waals surface area contributed by atoms with Gasteiger partial charge in [0, 0.05) is 17.7 Å². The van der Waals surface area contributed by atoms with E-state index in [-0.39, 0.29) is 16.9 Å². The van der Waals surface area contributed by atoms with Gasteiger partial charge in [0.05, 0.1) is 13.2 Å². The molecule has 41 heavy (non-hydrogen) atoms. The molecular formula is C26H28O15. The van der Waals surface area contributed by atoms with Crippen molar-refractivity contribution in [3.05, 3.63) is 46.6 Å². The van der Waals surface area contributed by atoms with Crippen LogP contribution in [0.3, 0.4) is 0 Å². The Labute approximate surface area is 230 Å². The van der Waals surface area contributed by atoms with Crippen LogP contribution in [-0.2, 0) is 14.2 Å². The Morgan fingerprint density at radius 3 is 2.27 bits per heavy atom. The predicted molar refractivity (Wildman–Crippen MR) is 134 cm³/mol. The molecule has 3 heterocycles. The van der Waals surface area contributed by atoms with Gasteiger partial charge in [-0.2, -0.15) is 0 Å². The molecule has 2 aliphatic rings. The van der Waals surface area contributed by atoms with Crippen LogP contribution in [0.2, 0.25) is 0 Å². The zero-order chi connectivity index (χ0) is 29.6. The summed E-state index contributed by atoms with van der Waals surface area (Å²) in [5.41, 5.74) is -0.795. The van der Waals surface area contributed by atoms with E-state index in [0.29, 0.717) is 5.56 Å². The molecule has 2 fully saturated rings. The second-order valence-electron chi connectivity index (χ2n) is 9.64. The highest BCUT2D eigenvalue weighted by Gasteiger charge is 2.49. The monoisotopic (exact) mass is 580 g/mol. The lowest BCUT2D eigenvalue weighted by Gasteiger charge is -2.44. The van der Waals surface area contributed by atoms with Crippen molar-refractivity contribution in [3.63, 3.8) is 0 Å². The Morgan fingerprint density at radius 2 is 1.59 bits per heavy atom. The highest BCUT2D eigenvalue weighted by Crippen LogP contribution is 2.42. The average molecular weight is 580 g/mol. The fourth-order valence-corrected chi connectivity index (χ4v) is 4.61. The van der Waals surface area contributed by atoms with Crippen LogP contribution in [-0.4, -0.2) is 114 Å². The number of phenolic OH excluding ortho intramolecular Hbond substituents is 3. The number of aromatic hydroxyl groups is 3. The van der Waals surface area contributed by atoms with Gasteiger partial charge in [-0.15, -0.1) is 0 Å². The van der Waals surface area contributed by atoms with Crippen molar-refractivity contribution in [1.29, 1.82) is 0 Å². The van der Waals surface area contributed by atoms with Crippen molar-refractivity contribution in [2.75, 3.05) is 13.2 Å². The lowest BCUT2D eigenvalue weighted by molar-refractivity contribution is -0.348. The lowest BCUT2D eigenvalue weighted by atomic mass is 9.99. The molecule has 222 valence electrons. The molecule has 9 atom stereocenters. The summed E-state index contributed by atoms with van der Waals surface area (Å²) in [7, 11) is 0. The number of phenols is 3. The zero-order valence-corrected chi connectivity index (χ0v) is 21.0. The summed E-state index contributed by atoms with van der Waals surface area (Å²) < 4.78 is 27.7. The summed E-state index contributed by atoms with van der Waals surface area (Å²) in [4.78, 5) is 12.8. The van der Waals surface area contributed by atoms with E-state index >= 15 is 0 Å². The molecule has 0 spiro atoms. The number of rotatable bonds is 6. The Kier molecular flexibility index (Phi) is 8.06. The number of hydrogen-bond donors (Lipinski definition) is 9. The topological polar surface area (TPSA) is 249 Å². The summed E-state index contributed by atoms with van der Waals surface area (Å²) in [6.45, 7) is -1.22. The van der Waals surface area contributed by atoms with Gasteiger partial charge in [-0.1, -0.05) is 0 Å². The minimum Gasteiger partial charge on any atom is -0.508 e. The quantitative estimate of drug-likeness (QED) is 0.146. The van der Waals surface area contributed by atoms with Gasteiger partial charge in [-0.05, 0) is 24.3 Å². The van der Waals surface area contributed by atoms with Gasteiger partial charge in [0.2, 0.25) is 12.0 Å². The fourth-order valence-electron chi connectivity index (χ4n) is 4.61. The maximum atomic E-state index is 12.8. The molecule has 3 aromatic rings. The van der Waals surface area contributed by atoms with Crippen LogP contribution in [0.4, 0.5) is 0 Å². The van der Waals surface area contributed by atoms with E-state index in [4.69, 9.17) is 23.4 Å². The first-order valence-corrected chi connectivity index (χ1v) is 12.4. The van der Waals surface area contributed by atoms with Gasteiger partial charge < -0.3 is 69.3 Å². The molecular weight excluding hydrogens is 552 g/mol. The third-order valence-corrected chi connectivity index (χ3v) is 6.89. The third-order valence-electron chi connectivity index (χ3n) is 6.89. The fraction of sp³-hybridized carbons (Fsp3) is 0.423. The van der Waals surface area contributed by atoms with Gasteiger partial charge in [0.15, 0.2) is 29.2 Å². The lowest BCUT2D eigenvalue weighted by Crippen LogP contribution is -2.63. The molecule has 5 rings (SSSR count). The maximum absolute atomic E-state index is 12.8. The molecule has 0 amide bonds. The summed E-state index contributed by atoms with van der Waals surface area (Å²) in [5, 5.41) is 91.3. The summed E-state index contributed by atoms with van der Waals surface area (Å²) >= 11 is 0. The average Bonchev–Trinajstić information content (AvgIpc) is 2.95. The standard InChI is InChI=1S/C26H28O15/c27-7-16-19(33)21(35)22(36)25(40-16)41-24-18(32)13(31)8-37-26(24)39-15-6-12(30)17-11(29)5-14(38-23(17)20(15)34)9-1-3-10(28)4-2-9/h1-6,13,16,18-19,21-22,24-28,30-36H,7-8H2/t13-,16?,18+,19-,21+,22?,24?,25+,26+/m1/s1. The van der Waals surface area contributed by atoms with E-state index < -0.39 is 96.8 Å². The molecule has 15 heteroatoms. The highest BCUT2D eigenvalue weighted by atomic mass is 16.8. The molecule has 9 N–H and O–H groups in total. The van der Waals surface area contributed by atoms with E-state index in [9.17, 15) is 50.8 Å². The van der Waals surface area contributed by atoms with Crippen molar-refractivity contribution >= 4 is 11.0 Å². The minimum atomic E-state index is -1.86. The van der Waals surface area contributed by atoms with E-state index in [1.54, 1.807) is 0 Å². The molecule has 15 nitrogen and oxygen atoms in total.